The Balaban J connectivity index is 0.00000261. The van der Waals surface area contributed by atoms with Gasteiger partial charge in [-0.15, -0.1) is 11.3 Å². The summed E-state index contributed by atoms with van der Waals surface area (Å²) in [5, 5.41) is 13.2. The number of carboxylic acids is 1. The van der Waals surface area contributed by atoms with Crippen LogP contribution in [0.15, 0.2) is 46.3 Å². The topological polar surface area (TPSA) is 62.2 Å². The van der Waals surface area contributed by atoms with Crippen molar-refractivity contribution in [1.29, 1.82) is 0 Å². The molecule has 0 saturated carbocycles. The number of hydrogen-bond donors (Lipinski definition) is 0. The Morgan fingerprint density at radius 1 is 1.26 bits per heavy atom. The molecule has 0 bridgehead atoms. The zero-order valence-corrected chi connectivity index (χ0v) is 19.3. The maximum atomic E-state index is 13.9. The molecular weight excluding hydrogens is 468 g/mol. The van der Waals surface area contributed by atoms with Crippen LogP contribution in [-0.4, -0.2) is 11.0 Å². The molecule has 0 unspecified atom stereocenters. The Morgan fingerprint density at radius 2 is 2.04 bits per heavy atom. The normalized spacial score (nSPS) is 10.3. The molecule has 0 N–H and O–H groups in total. The summed E-state index contributed by atoms with van der Waals surface area (Å²) < 4.78 is 20.5. The third-order valence-corrected chi connectivity index (χ3v) is 5.10. The molecule has 0 fully saturated rings. The van der Waals surface area contributed by atoms with E-state index >= 15 is 0 Å². The van der Waals surface area contributed by atoms with Crippen molar-refractivity contribution in [3.05, 3.63) is 78.9 Å². The van der Waals surface area contributed by atoms with Gasteiger partial charge in [0.25, 0.3) is 0 Å². The van der Waals surface area contributed by atoms with Gasteiger partial charge in [-0.05, 0) is 30.3 Å². The molecule has 1 aromatic heterocycles. The quantitative estimate of drug-likeness (QED) is 0.500. The molecule has 0 amide bonds. The molecule has 9 heteroatoms. The maximum Gasteiger partial charge on any atom is 1.00 e. The molecule has 0 atom stereocenters. The molecule has 134 valence electrons. The Kier molecular flexibility index (Phi) is 8.27. The summed E-state index contributed by atoms with van der Waals surface area (Å²) in [6, 6.07) is 9.84. The summed E-state index contributed by atoms with van der Waals surface area (Å²) >= 11 is 10.4. The first-order chi connectivity index (χ1) is 12.4. The predicted molar refractivity (Wildman–Crippen MR) is 99.1 cm³/mol. The zero-order chi connectivity index (χ0) is 18.7. The molecule has 0 spiro atoms. The number of aromatic nitrogens is 1. The van der Waals surface area contributed by atoms with E-state index in [0.29, 0.717) is 27.8 Å². The van der Waals surface area contributed by atoms with Crippen molar-refractivity contribution in [2.45, 2.75) is 13.0 Å². The van der Waals surface area contributed by atoms with Gasteiger partial charge in [0.1, 0.15) is 18.2 Å². The van der Waals surface area contributed by atoms with Crippen LogP contribution in [0.3, 0.4) is 0 Å². The Bertz CT molecular complexity index is 970. The number of carbonyl (C=O) groups is 1. The van der Waals surface area contributed by atoms with E-state index in [0.717, 1.165) is 10.0 Å². The molecule has 2 aromatic carbocycles. The largest absolute Gasteiger partial charge is 1.00 e. The van der Waals surface area contributed by atoms with Crippen LogP contribution in [0.25, 0.3) is 0 Å². The van der Waals surface area contributed by atoms with Gasteiger partial charge < -0.3 is 14.6 Å². The third-order valence-electron chi connectivity index (χ3n) is 3.52. The molecule has 4 nitrogen and oxygen atoms in total. The zero-order valence-electron chi connectivity index (χ0n) is 14.2. The SMILES string of the molecule is O=C([O-])c1csc(Cc2cc(Br)ccc2OCc2ccc(Cl)cc2F)n1.[Na+]. The van der Waals surface area contributed by atoms with Gasteiger partial charge in [0.15, 0.2) is 0 Å². The number of aromatic carboxylic acids is 1. The molecule has 0 aliphatic rings. The van der Waals surface area contributed by atoms with Crippen LogP contribution in [0, 0.1) is 5.82 Å². The number of hydrogen-bond acceptors (Lipinski definition) is 5. The van der Waals surface area contributed by atoms with E-state index in [-0.39, 0.29) is 41.9 Å². The molecule has 3 aromatic rings. The molecule has 0 radical (unpaired) electrons. The molecule has 1 heterocycles. The first-order valence-corrected chi connectivity index (χ1v) is 9.48. The number of ether oxygens (including phenoxy) is 1. The van der Waals surface area contributed by atoms with Crippen molar-refractivity contribution in [3.63, 3.8) is 0 Å². The van der Waals surface area contributed by atoms with Gasteiger partial charge >= 0.3 is 29.6 Å². The van der Waals surface area contributed by atoms with E-state index in [9.17, 15) is 14.3 Å². The van der Waals surface area contributed by atoms with Crippen LogP contribution in [0.1, 0.15) is 26.6 Å². The van der Waals surface area contributed by atoms with Crippen molar-refractivity contribution in [3.8, 4) is 5.75 Å². The predicted octanol–water partition coefficient (Wildman–Crippen LogP) is 1.24. The van der Waals surface area contributed by atoms with Crippen LogP contribution in [-0.2, 0) is 13.0 Å². The minimum absolute atomic E-state index is 0. The van der Waals surface area contributed by atoms with Crippen LogP contribution in [0.2, 0.25) is 5.02 Å². The second-order valence-electron chi connectivity index (χ2n) is 5.37. The van der Waals surface area contributed by atoms with Gasteiger partial charge in [0, 0.05) is 32.4 Å². The number of rotatable bonds is 6. The summed E-state index contributed by atoms with van der Waals surface area (Å²) in [5.41, 5.74) is 1.09. The number of thiazole rings is 1. The first kappa shape index (κ1) is 22.3. The molecule has 0 aliphatic carbocycles. The number of halogens is 3. The minimum atomic E-state index is -1.31. The third kappa shape index (κ3) is 6.01. The van der Waals surface area contributed by atoms with Crippen molar-refractivity contribution in [2.75, 3.05) is 0 Å². The Labute approximate surface area is 194 Å². The molecule has 0 aliphatic heterocycles. The van der Waals surface area contributed by atoms with Crippen LogP contribution >= 0.6 is 38.9 Å². The summed E-state index contributed by atoms with van der Waals surface area (Å²) in [6.45, 7) is 0.0415. The number of carboxylic acid groups (broad SMARTS) is 1. The average Bonchev–Trinajstić information content (AvgIpc) is 3.04. The van der Waals surface area contributed by atoms with Crippen molar-refractivity contribution < 1.29 is 48.6 Å². The average molecular weight is 479 g/mol. The Morgan fingerprint density at radius 3 is 2.70 bits per heavy atom. The fourth-order valence-corrected chi connectivity index (χ4v) is 3.62. The van der Waals surface area contributed by atoms with E-state index in [1.54, 1.807) is 18.2 Å². The van der Waals surface area contributed by atoms with Gasteiger partial charge in [-0.3, -0.25) is 0 Å². The Hall–Kier alpha value is -0.960. The van der Waals surface area contributed by atoms with Gasteiger partial charge in [-0.1, -0.05) is 33.6 Å². The minimum Gasteiger partial charge on any atom is -0.543 e. The molecule has 3 rings (SSSR count). The van der Waals surface area contributed by atoms with Crippen molar-refractivity contribution in [1.82, 2.24) is 4.98 Å². The van der Waals surface area contributed by atoms with E-state index in [4.69, 9.17) is 16.3 Å². The second kappa shape index (κ2) is 10.0. The summed E-state index contributed by atoms with van der Waals surface area (Å²) in [6.07, 6.45) is 0.385. The molecular formula is C18H11BrClFNNaO3S. The maximum absolute atomic E-state index is 13.9. The number of nitrogens with zero attached hydrogens (tertiary/aromatic N) is 1. The first-order valence-electron chi connectivity index (χ1n) is 7.43. The fraction of sp³-hybridized carbons (Fsp3) is 0.111. The van der Waals surface area contributed by atoms with E-state index in [2.05, 4.69) is 20.9 Å². The second-order valence-corrected chi connectivity index (χ2v) is 7.66. The van der Waals surface area contributed by atoms with Gasteiger partial charge in [0.05, 0.1) is 16.7 Å². The smallest absolute Gasteiger partial charge is 0.543 e. The van der Waals surface area contributed by atoms with Crippen LogP contribution in [0.5, 0.6) is 5.75 Å². The molecule has 0 saturated heterocycles. The number of carbonyl (C=O) groups excluding carboxylic acids is 1. The fourth-order valence-electron chi connectivity index (χ4n) is 2.27. The van der Waals surface area contributed by atoms with E-state index < -0.39 is 11.8 Å². The van der Waals surface area contributed by atoms with Gasteiger partial charge in [0.2, 0.25) is 0 Å². The number of benzene rings is 2. The van der Waals surface area contributed by atoms with Gasteiger partial charge in [-0.25, -0.2) is 9.37 Å². The van der Waals surface area contributed by atoms with Crippen LogP contribution in [0.4, 0.5) is 4.39 Å². The molecule has 27 heavy (non-hydrogen) atoms. The monoisotopic (exact) mass is 477 g/mol. The van der Waals surface area contributed by atoms with E-state index in [1.165, 1.54) is 22.8 Å². The van der Waals surface area contributed by atoms with Gasteiger partial charge in [-0.2, -0.15) is 0 Å². The van der Waals surface area contributed by atoms with E-state index in [1.807, 2.05) is 12.1 Å². The standard InChI is InChI=1S/C18H12BrClFNO3S.Na/c19-12-2-4-16(25-8-10-1-3-13(20)7-14(10)21)11(5-12)6-17-22-15(9-26-17)18(23)24;/h1-5,7,9H,6,8H2,(H,23,24);/q;+1/p-1. The van der Waals surface area contributed by atoms with Crippen molar-refractivity contribution in [2.24, 2.45) is 0 Å². The van der Waals surface area contributed by atoms with Crippen LogP contribution < -0.4 is 39.4 Å². The summed E-state index contributed by atoms with van der Waals surface area (Å²) in [7, 11) is 0. The summed E-state index contributed by atoms with van der Waals surface area (Å²) in [5.74, 6) is -1.18. The summed E-state index contributed by atoms with van der Waals surface area (Å²) in [4.78, 5) is 14.9. The van der Waals surface area contributed by atoms with Crippen molar-refractivity contribution >= 4 is 44.8 Å².